The Morgan fingerprint density at radius 1 is 1.29 bits per heavy atom. The van der Waals surface area contributed by atoms with Crippen LogP contribution in [0.25, 0.3) is 0 Å². The van der Waals surface area contributed by atoms with E-state index in [0.717, 1.165) is 44.4 Å². The summed E-state index contributed by atoms with van der Waals surface area (Å²) < 4.78 is 5.51. The van der Waals surface area contributed by atoms with Crippen molar-refractivity contribution in [2.24, 2.45) is 10.9 Å². The Morgan fingerprint density at radius 3 is 2.59 bits per heavy atom. The fourth-order valence-corrected chi connectivity index (χ4v) is 1.50. The van der Waals surface area contributed by atoms with Crippen LogP contribution in [-0.4, -0.2) is 51.3 Å². The van der Waals surface area contributed by atoms with E-state index in [9.17, 15) is 0 Å². The Bertz CT molecular complexity index is 198. The summed E-state index contributed by atoms with van der Waals surface area (Å²) in [7, 11) is 1.80. The highest BCUT2D eigenvalue weighted by Gasteiger charge is 1.97. The Balaban J connectivity index is 3.38. The molecule has 0 bridgehead atoms. The van der Waals surface area contributed by atoms with Crippen LogP contribution < -0.4 is 10.6 Å². The molecular formula is C12H27N3OS. The van der Waals surface area contributed by atoms with Gasteiger partial charge in [0, 0.05) is 39.1 Å². The predicted molar refractivity (Wildman–Crippen MR) is 78.0 cm³/mol. The molecule has 2 N–H and O–H groups in total. The van der Waals surface area contributed by atoms with Gasteiger partial charge in [-0.3, -0.25) is 4.99 Å². The molecule has 5 heteroatoms. The second-order valence-corrected chi connectivity index (χ2v) is 5.23. The van der Waals surface area contributed by atoms with Crippen LogP contribution in [-0.2, 0) is 4.74 Å². The Kier molecular flexibility index (Phi) is 11.8. The van der Waals surface area contributed by atoms with Crippen LogP contribution in [0.15, 0.2) is 4.99 Å². The van der Waals surface area contributed by atoms with E-state index in [2.05, 4.69) is 35.7 Å². The fourth-order valence-electron chi connectivity index (χ4n) is 1.19. The number of guanidine groups is 1. The van der Waals surface area contributed by atoms with Crippen molar-refractivity contribution in [3.8, 4) is 0 Å². The lowest BCUT2D eigenvalue weighted by Gasteiger charge is -2.11. The third-order valence-electron chi connectivity index (χ3n) is 2.03. The molecule has 0 rings (SSSR count). The monoisotopic (exact) mass is 261 g/mol. The first-order chi connectivity index (χ1) is 8.20. The molecule has 0 heterocycles. The lowest BCUT2D eigenvalue weighted by molar-refractivity contribution is 0.108. The van der Waals surface area contributed by atoms with Crippen LogP contribution in [0.1, 0.15) is 20.3 Å². The van der Waals surface area contributed by atoms with Crippen LogP contribution >= 0.6 is 11.8 Å². The first-order valence-electron chi connectivity index (χ1n) is 6.22. The zero-order chi connectivity index (χ0) is 12.9. The van der Waals surface area contributed by atoms with Gasteiger partial charge in [0.1, 0.15) is 0 Å². The maximum absolute atomic E-state index is 5.51. The van der Waals surface area contributed by atoms with Crippen molar-refractivity contribution in [2.45, 2.75) is 20.3 Å². The molecule has 0 saturated carbocycles. The Hall–Kier alpha value is -0.420. The average Bonchev–Trinajstić information content (AvgIpc) is 2.31. The first-order valence-corrected chi connectivity index (χ1v) is 7.61. The van der Waals surface area contributed by atoms with Gasteiger partial charge in [-0.25, -0.2) is 0 Å². The highest BCUT2D eigenvalue weighted by Crippen LogP contribution is 1.92. The molecule has 0 aromatic rings. The fraction of sp³-hybridized carbons (Fsp3) is 0.917. The zero-order valence-electron chi connectivity index (χ0n) is 11.6. The van der Waals surface area contributed by atoms with Gasteiger partial charge in [-0.1, -0.05) is 13.8 Å². The van der Waals surface area contributed by atoms with E-state index in [1.807, 2.05) is 11.8 Å². The number of thioether (sulfide) groups is 1. The van der Waals surface area contributed by atoms with Gasteiger partial charge in [-0.2, -0.15) is 11.8 Å². The van der Waals surface area contributed by atoms with Gasteiger partial charge in [0.05, 0.1) is 0 Å². The van der Waals surface area contributed by atoms with Crippen molar-refractivity contribution in [3.63, 3.8) is 0 Å². The van der Waals surface area contributed by atoms with Crippen molar-refractivity contribution < 1.29 is 4.74 Å². The molecule has 0 amide bonds. The molecule has 0 aliphatic heterocycles. The molecule has 0 radical (unpaired) electrons. The SMILES string of the molecule is CN=C(NCCCOCC(C)C)NCCSC. The third-order valence-corrected chi connectivity index (χ3v) is 2.64. The Labute approximate surface area is 110 Å². The molecule has 0 fully saturated rings. The normalized spacial score (nSPS) is 11.9. The molecule has 0 aromatic carbocycles. The minimum absolute atomic E-state index is 0.615. The zero-order valence-corrected chi connectivity index (χ0v) is 12.4. The van der Waals surface area contributed by atoms with E-state index >= 15 is 0 Å². The highest BCUT2D eigenvalue weighted by atomic mass is 32.2. The van der Waals surface area contributed by atoms with E-state index in [-0.39, 0.29) is 0 Å². The lowest BCUT2D eigenvalue weighted by Crippen LogP contribution is -2.39. The van der Waals surface area contributed by atoms with Crippen molar-refractivity contribution in [1.82, 2.24) is 10.6 Å². The number of ether oxygens (including phenoxy) is 1. The molecule has 0 aromatic heterocycles. The van der Waals surface area contributed by atoms with E-state index in [4.69, 9.17) is 4.74 Å². The number of nitrogens with one attached hydrogen (secondary N) is 2. The standard InChI is InChI=1S/C12H27N3OS/c1-11(2)10-16-8-5-6-14-12(13-3)15-7-9-17-4/h11H,5-10H2,1-4H3,(H2,13,14,15). The third kappa shape index (κ3) is 11.8. The van der Waals surface area contributed by atoms with Gasteiger partial charge in [0.25, 0.3) is 0 Å². The first kappa shape index (κ1) is 16.6. The van der Waals surface area contributed by atoms with Crippen molar-refractivity contribution >= 4 is 17.7 Å². The number of hydrogen-bond donors (Lipinski definition) is 2. The van der Waals surface area contributed by atoms with E-state index in [1.165, 1.54) is 0 Å². The van der Waals surface area contributed by atoms with Gasteiger partial charge in [-0.15, -0.1) is 0 Å². The molecular weight excluding hydrogens is 234 g/mol. The number of rotatable bonds is 9. The molecule has 0 aliphatic carbocycles. The molecule has 0 spiro atoms. The molecule has 0 saturated heterocycles. The summed E-state index contributed by atoms with van der Waals surface area (Å²) in [5, 5.41) is 6.52. The van der Waals surface area contributed by atoms with Gasteiger partial charge in [-0.05, 0) is 18.6 Å². The highest BCUT2D eigenvalue weighted by molar-refractivity contribution is 7.98. The average molecular weight is 261 g/mol. The van der Waals surface area contributed by atoms with E-state index in [1.54, 1.807) is 7.05 Å². The van der Waals surface area contributed by atoms with Crippen LogP contribution in [0.4, 0.5) is 0 Å². The van der Waals surface area contributed by atoms with E-state index < -0.39 is 0 Å². The smallest absolute Gasteiger partial charge is 0.191 e. The number of aliphatic imine (C=N–C) groups is 1. The molecule has 4 nitrogen and oxygen atoms in total. The number of hydrogen-bond acceptors (Lipinski definition) is 3. The van der Waals surface area contributed by atoms with Gasteiger partial charge in [0.2, 0.25) is 0 Å². The lowest BCUT2D eigenvalue weighted by atomic mass is 10.2. The van der Waals surface area contributed by atoms with Crippen LogP contribution in [0.5, 0.6) is 0 Å². The van der Waals surface area contributed by atoms with Crippen LogP contribution in [0, 0.1) is 5.92 Å². The number of nitrogens with zero attached hydrogens (tertiary/aromatic N) is 1. The van der Waals surface area contributed by atoms with Gasteiger partial charge in [0.15, 0.2) is 5.96 Å². The summed E-state index contributed by atoms with van der Waals surface area (Å²) in [5.41, 5.74) is 0. The molecule has 17 heavy (non-hydrogen) atoms. The summed E-state index contributed by atoms with van der Waals surface area (Å²) in [4.78, 5) is 4.15. The molecule has 0 unspecified atom stereocenters. The van der Waals surface area contributed by atoms with Crippen molar-refractivity contribution in [3.05, 3.63) is 0 Å². The largest absolute Gasteiger partial charge is 0.381 e. The minimum atomic E-state index is 0.615. The van der Waals surface area contributed by atoms with Crippen LogP contribution in [0.3, 0.4) is 0 Å². The van der Waals surface area contributed by atoms with Gasteiger partial charge < -0.3 is 15.4 Å². The molecule has 0 aliphatic rings. The second kappa shape index (κ2) is 12.0. The van der Waals surface area contributed by atoms with Gasteiger partial charge >= 0.3 is 0 Å². The topological polar surface area (TPSA) is 45.7 Å². The summed E-state index contributed by atoms with van der Waals surface area (Å²) in [6.45, 7) is 7.83. The van der Waals surface area contributed by atoms with Crippen molar-refractivity contribution in [2.75, 3.05) is 45.4 Å². The second-order valence-electron chi connectivity index (χ2n) is 4.24. The quantitative estimate of drug-likeness (QED) is 0.376. The minimum Gasteiger partial charge on any atom is -0.381 e. The summed E-state index contributed by atoms with van der Waals surface area (Å²) in [6, 6.07) is 0. The maximum atomic E-state index is 5.51. The maximum Gasteiger partial charge on any atom is 0.191 e. The summed E-state index contributed by atoms with van der Waals surface area (Å²) in [5.74, 6) is 2.59. The Morgan fingerprint density at radius 2 is 2.00 bits per heavy atom. The van der Waals surface area contributed by atoms with E-state index in [0.29, 0.717) is 5.92 Å². The predicted octanol–water partition coefficient (Wildman–Crippen LogP) is 1.58. The molecule has 0 atom stereocenters. The summed E-state index contributed by atoms with van der Waals surface area (Å²) in [6.07, 6.45) is 3.11. The van der Waals surface area contributed by atoms with Crippen LogP contribution in [0.2, 0.25) is 0 Å². The summed E-state index contributed by atoms with van der Waals surface area (Å²) >= 11 is 1.83. The van der Waals surface area contributed by atoms with Crippen molar-refractivity contribution in [1.29, 1.82) is 0 Å². The molecule has 102 valence electrons.